The zero-order chi connectivity index (χ0) is 20.2. The summed E-state index contributed by atoms with van der Waals surface area (Å²) in [6, 6.07) is 11.8. The van der Waals surface area contributed by atoms with Crippen molar-refractivity contribution in [3.05, 3.63) is 59.9 Å². The number of carbonyl (C=O) groups excluding carboxylic acids is 1. The summed E-state index contributed by atoms with van der Waals surface area (Å²) >= 11 is 0. The maximum atomic E-state index is 12.1. The van der Waals surface area contributed by atoms with Crippen molar-refractivity contribution >= 4 is 16.9 Å². The van der Waals surface area contributed by atoms with Gasteiger partial charge < -0.3 is 14.2 Å². The largest absolute Gasteiger partial charge is 0.361 e. The number of pyridine rings is 1. The molecule has 1 saturated heterocycles. The van der Waals surface area contributed by atoms with E-state index in [1.807, 2.05) is 41.2 Å². The Balaban J connectivity index is 1.44. The normalized spacial score (nSPS) is 15.0. The third-order valence-corrected chi connectivity index (χ3v) is 5.37. The van der Waals surface area contributed by atoms with Gasteiger partial charge in [-0.25, -0.2) is 4.98 Å². The molecule has 29 heavy (non-hydrogen) atoms. The van der Waals surface area contributed by atoms with Gasteiger partial charge in [-0.05, 0) is 54.8 Å². The van der Waals surface area contributed by atoms with Gasteiger partial charge in [-0.3, -0.25) is 9.69 Å². The lowest BCUT2D eigenvalue weighted by Gasteiger charge is -2.25. The summed E-state index contributed by atoms with van der Waals surface area (Å²) < 4.78 is 7.94. The molecule has 152 valence electrons. The van der Waals surface area contributed by atoms with Gasteiger partial charge in [0.15, 0.2) is 0 Å². The molecule has 0 saturated carbocycles. The van der Waals surface area contributed by atoms with Gasteiger partial charge in [0.25, 0.3) is 5.91 Å². The number of aromatic nitrogens is 2. The van der Waals surface area contributed by atoms with E-state index >= 15 is 0 Å². The van der Waals surface area contributed by atoms with E-state index in [9.17, 15) is 4.79 Å². The van der Waals surface area contributed by atoms with Gasteiger partial charge in [0.2, 0.25) is 0 Å². The predicted octanol–water partition coefficient (Wildman–Crippen LogP) is 3.69. The molecular formula is C23H28N4O2. The van der Waals surface area contributed by atoms with Gasteiger partial charge in [0, 0.05) is 56.2 Å². The minimum Gasteiger partial charge on any atom is -0.361 e. The van der Waals surface area contributed by atoms with E-state index in [0.717, 1.165) is 35.4 Å². The Morgan fingerprint density at radius 1 is 1.10 bits per heavy atom. The quantitative estimate of drug-likeness (QED) is 0.642. The average Bonchev–Trinajstić information content (AvgIpc) is 3.17. The molecular weight excluding hydrogens is 364 g/mol. The molecule has 1 aliphatic rings. The van der Waals surface area contributed by atoms with Gasteiger partial charge in [-0.1, -0.05) is 6.42 Å². The summed E-state index contributed by atoms with van der Waals surface area (Å²) in [6.07, 6.45) is 7.78. The number of benzene rings is 1. The van der Waals surface area contributed by atoms with Crippen LogP contribution in [0.15, 0.2) is 48.8 Å². The van der Waals surface area contributed by atoms with Gasteiger partial charge in [-0.15, -0.1) is 0 Å². The number of piperidine rings is 1. The molecule has 0 bridgehead atoms. The van der Waals surface area contributed by atoms with Crippen molar-refractivity contribution in [1.29, 1.82) is 0 Å². The number of rotatable bonds is 6. The van der Waals surface area contributed by atoms with E-state index in [0.29, 0.717) is 18.9 Å². The molecule has 3 heterocycles. The minimum absolute atomic E-state index is 0.00114. The molecule has 1 fully saturated rings. The Bertz CT molecular complexity index is 972. The van der Waals surface area contributed by atoms with E-state index in [4.69, 9.17) is 4.74 Å². The third kappa shape index (κ3) is 4.49. The van der Waals surface area contributed by atoms with Gasteiger partial charge in [-0.2, -0.15) is 0 Å². The van der Waals surface area contributed by atoms with Crippen molar-refractivity contribution in [2.75, 3.05) is 33.9 Å². The van der Waals surface area contributed by atoms with E-state index in [1.54, 1.807) is 19.0 Å². The zero-order valence-electron chi connectivity index (χ0n) is 17.2. The number of ether oxygens (including phenoxy) is 1. The molecule has 0 N–H and O–H groups in total. The standard InChI is InChI=1S/C23H28N4O2/c1-25(2)23(28)19-6-8-21(9-7-19)27-13-10-20-14-18(15-24-22(20)27)16-29-17-26-11-4-3-5-12-26/h6-10,13-15H,3-5,11-12,16-17H2,1-2H3. The van der Waals surface area contributed by atoms with Crippen LogP contribution in [0.4, 0.5) is 0 Å². The van der Waals surface area contributed by atoms with Crippen molar-refractivity contribution < 1.29 is 9.53 Å². The fraction of sp³-hybridized carbons (Fsp3) is 0.391. The maximum Gasteiger partial charge on any atom is 0.253 e. The second-order valence-corrected chi connectivity index (χ2v) is 7.84. The monoisotopic (exact) mass is 392 g/mol. The molecule has 0 unspecified atom stereocenters. The van der Waals surface area contributed by atoms with Crippen LogP contribution in [0.5, 0.6) is 0 Å². The number of hydrogen-bond donors (Lipinski definition) is 0. The number of amides is 1. The molecule has 1 aliphatic heterocycles. The molecule has 0 spiro atoms. The zero-order valence-corrected chi connectivity index (χ0v) is 17.2. The molecule has 0 aliphatic carbocycles. The number of carbonyl (C=O) groups is 1. The Morgan fingerprint density at radius 2 is 1.86 bits per heavy atom. The first-order chi connectivity index (χ1) is 14.1. The molecule has 0 atom stereocenters. The van der Waals surface area contributed by atoms with Gasteiger partial charge in [0.05, 0.1) is 13.3 Å². The Hall–Kier alpha value is -2.70. The summed E-state index contributed by atoms with van der Waals surface area (Å²) in [5, 5.41) is 1.08. The van der Waals surface area contributed by atoms with Crippen molar-refractivity contribution in [2.24, 2.45) is 0 Å². The molecule has 2 aromatic heterocycles. The lowest BCUT2D eigenvalue weighted by Crippen LogP contribution is -2.31. The molecule has 3 aromatic rings. The first-order valence-electron chi connectivity index (χ1n) is 10.2. The Morgan fingerprint density at radius 3 is 2.59 bits per heavy atom. The smallest absolute Gasteiger partial charge is 0.253 e. The van der Waals surface area contributed by atoms with E-state index in [1.165, 1.54) is 19.3 Å². The highest BCUT2D eigenvalue weighted by atomic mass is 16.5. The van der Waals surface area contributed by atoms with Crippen molar-refractivity contribution in [1.82, 2.24) is 19.4 Å². The van der Waals surface area contributed by atoms with Gasteiger partial charge in [0.1, 0.15) is 5.65 Å². The lowest BCUT2D eigenvalue weighted by atomic mass is 10.1. The van der Waals surface area contributed by atoms with E-state index < -0.39 is 0 Å². The summed E-state index contributed by atoms with van der Waals surface area (Å²) in [4.78, 5) is 20.7. The summed E-state index contributed by atoms with van der Waals surface area (Å²) in [6.45, 7) is 3.54. The number of nitrogens with zero attached hydrogens (tertiary/aromatic N) is 4. The molecule has 6 nitrogen and oxygen atoms in total. The van der Waals surface area contributed by atoms with Crippen LogP contribution in [0.1, 0.15) is 35.2 Å². The molecule has 1 amide bonds. The molecule has 4 rings (SSSR count). The summed E-state index contributed by atoms with van der Waals surface area (Å²) in [5.41, 5.74) is 3.64. The van der Waals surface area contributed by atoms with Crippen LogP contribution in [-0.2, 0) is 11.3 Å². The SMILES string of the molecule is CN(C)C(=O)c1ccc(-n2ccc3cc(COCN4CCCCC4)cnc32)cc1. The highest BCUT2D eigenvalue weighted by Gasteiger charge is 2.11. The minimum atomic E-state index is 0.00114. The van der Waals surface area contributed by atoms with Crippen LogP contribution in [0.2, 0.25) is 0 Å². The molecule has 6 heteroatoms. The van der Waals surface area contributed by atoms with Crippen molar-refractivity contribution in [3.63, 3.8) is 0 Å². The highest BCUT2D eigenvalue weighted by molar-refractivity contribution is 5.94. The van der Waals surface area contributed by atoms with Crippen LogP contribution in [0, 0.1) is 0 Å². The van der Waals surface area contributed by atoms with Crippen LogP contribution in [0.25, 0.3) is 16.7 Å². The van der Waals surface area contributed by atoms with Crippen LogP contribution in [-0.4, -0.2) is 59.2 Å². The topological polar surface area (TPSA) is 50.6 Å². The number of fused-ring (bicyclic) bond motifs is 1. The number of hydrogen-bond acceptors (Lipinski definition) is 4. The first kappa shape index (κ1) is 19.6. The van der Waals surface area contributed by atoms with E-state index in [2.05, 4.69) is 22.0 Å². The highest BCUT2D eigenvalue weighted by Crippen LogP contribution is 2.21. The summed E-state index contributed by atoms with van der Waals surface area (Å²) in [5.74, 6) is 0.00114. The van der Waals surface area contributed by atoms with Gasteiger partial charge >= 0.3 is 0 Å². The van der Waals surface area contributed by atoms with Crippen molar-refractivity contribution in [2.45, 2.75) is 25.9 Å². The molecule has 0 radical (unpaired) electrons. The maximum absolute atomic E-state index is 12.1. The van der Waals surface area contributed by atoms with Crippen LogP contribution in [0.3, 0.4) is 0 Å². The average molecular weight is 393 g/mol. The fourth-order valence-electron chi connectivity index (χ4n) is 3.76. The second-order valence-electron chi connectivity index (χ2n) is 7.84. The van der Waals surface area contributed by atoms with Crippen LogP contribution < -0.4 is 0 Å². The van der Waals surface area contributed by atoms with Crippen LogP contribution >= 0.6 is 0 Å². The Kier molecular flexibility index (Phi) is 5.92. The summed E-state index contributed by atoms with van der Waals surface area (Å²) in [7, 11) is 3.51. The number of likely N-dealkylation sites (tertiary alicyclic amines) is 1. The lowest BCUT2D eigenvalue weighted by molar-refractivity contribution is 0.00970. The van der Waals surface area contributed by atoms with E-state index in [-0.39, 0.29) is 5.91 Å². The predicted molar refractivity (Wildman–Crippen MR) is 114 cm³/mol. The Labute approximate surface area is 171 Å². The van der Waals surface area contributed by atoms with Crippen molar-refractivity contribution in [3.8, 4) is 5.69 Å². The first-order valence-corrected chi connectivity index (χ1v) is 10.2. The second kappa shape index (κ2) is 8.76. The molecule has 1 aromatic carbocycles. The fourth-order valence-corrected chi connectivity index (χ4v) is 3.76. The third-order valence-electron chi connectivity index (χ3n) is 5.37.